The molecule has 0 unspecified atom stereocenters. The van der Waals surface area contributed by atoms with Gasteiger partial charge in [-0.2, -0.15) is 0 Å². The molecule has 1 heterocycles. The molecule has 0 fully saturated rings. The van der Waals surface area contributed by atoms with Crippen LogP contribution in [0.3, 0.4) is 0 Å². The van der Waals surface area contributed by atoms with E-state index in [9.17, 15) is 0 Å². The van der Waals surface area contributed by atoms with E-state index in [2.05, 4.69) is 11.4 Å². The molecule has 3 heteroatoms. The van der Waals surface area contributed by atoms with Crippen molar-refractivity contribution in [3.05, 3.63) is 18.2 Å². The predicted octanol–water partition coefficient (Wildman–Crippen LogP) is 1.20. The third kappa shape index (κ3) is 0.616. The SMILES string of the molecule is Nc1ccc2c(c1)N=[C+]O2. The molecule has 3 nitrogen and oxygen atoms in total. The summed E-state index contributed by atoms with van der Waals surface area (Å²) in [5, 5.41) is 0. The van der Waals surface area contributed by atoms with E-state index in [4.69, 9.17) is 10.5 Å². The first kappa shape index (κ1) is 5.21. The second-order valence-electron chi connectivity index (χ2n) is 2.03. The maximum atomic E-state index is 5.49. The molecule has 0 spiro atoms. The van der Waals surface area contributed by atoms with Gasteiger partial charge in [0.2, 0.25) is 0 Å². The van der Waals surface area contributed by atoms with Gasteiger partial charge < -0.3 is 5.73 Å². The third-order valence-corrected chi connectivity index (χ3v) is 1.30. The smallest absolute Gasteiger partial charge is 0.370 e. The van der Waals surface area contributed by atoms with Crippen LogP contribution >= 0.6 is 0 Å². The zero-order valence-electron chi connectivity index (χ0n) is 5.16. The molecule has 1 aromatic carbocycles. The molecule has 2 N–H and O–H groups in total. The van der Waals surface area contributed by atoms with Crippen molar-refractivity contribution in [1.29, 1.82) is 0 Å². The number of aliphatic imine (C=N–C) groups is 1. The Morgan fingerprint density at radius 2 is 2.40 bits per heavy atom. The Kier molecular flexibility index (Phi) is 0.879. The van der Waals surface area contributed by atoms with Crippen LogP contribution in [0.4, 0.5) is 11.4 Å². The second kappa shape index (κ2) is 1.69. The number of nitrogen functional groups attached to an aromatic ring is 1. The van der Waals surface area contributed by atoms with Crippen molar-refractivity contribution < 1.29 is 4.74 Å². The van der Waals surface area contributed by atoms with Crippen molar-refractivity contribution in [2.75, 3.05) is 5.73 Å². The zero-order chi connectivity index (χ0) is 6.97. The highest BCUT2D eigenvalue weighted by molar-refractivity contribution is 5.73. The Hall–Kier alpha value is -1.60. The van der Waals surface area contributed by atoms with Gasteiger partial charge in [-0.25, -0.2) is 0 Å². The molecule has 1 aliphatic heterocycles. The van der Waals surface area contributed by atoms with Crippen LogP contribution < -0.4 is 10.5 Å². The average Bonchev–Trinajstić information content (AvgIpc) is 2.33. The molecule has 1 aromatic rings. The molecular weight excluding hydrogens is 128 g/mol. The summed E-state index contributed by atoms with van der Waals surface area (Å²) in [7, 11) is 0. The zero-order valence-corrected chi connectivity index (χ0v) is 5.16. The Morgan fingerprint density at radius 1 is 1.50 bits per heavy atom. The number of nitrogens with zero attached hydrogens (tertiary/aromatic N) is 1. The number of ether oxygens (including phenoxy) is 1. The summed E-state index contributed by atoms with van der Waals surface area (Å²) in [6.07, 6.45) is 2.38. The summed E-state index contributed by atoms with van der Waals surface area (Å²) in [5.74, 6) is 0.717. The minimum Gasteiger partial charge on any atom is -0.398 e. The van der Waals surface area contributed by atoms with Gasteiger partial charge in [0.1, 0.15) is 0 Å². The van der Waals surface area contributed by atoms with Crippen LogP contribution in [0.15, 0.2) is 23.2 Å². The van der Waals surface area contributed by atoms with Gasteiger partial charge in [0.15, 0.2) is 0 Å². The van der Waals surface area contributed by atoms with Gasteiger partial charge in [0.25, 0.3) is 5.69 Å². The third-order valence-electron chi connectivity index (χ3n) is 1.30. The lowest BCUT2D eigenvalue weighted by Gasteiger charge is -1.85. The summed E-state index contributed by atoms with van der Waals surface area (Å²) in [6.45, 7) is 0. The van der Waals surface area contributed by atoms with E-state index in [0.29, 0.717) is 11.4 Å². The van der Waals surface area contributed by atoms with Crippen LogP contribution in [0.1, 0.15) is 0 Å². The van der Waals surface area contributed by atoms with Gasteiger partial charge in [-0.1, -0.05) is 0 Å². The molecule has 0 atom stereocenters. The fourth-order valence-electron chi connectivity index (χ4n) is 0.829. The van der Waals surface area contributed by atoms with E-state index in [1.54, 1.807) is 18.2 Å². The van der Waals surface area contributed by atoms with Crippen molar-refractivity contribution in [3.8, 4) is 5.75 Å². The summed E-state index contributed by atoms with van der Waals surface area (Å²) < 4.78 is 4.88. The fraction of sp³-hybridized carbons (Fsp3) is 0. The van der Waals surface area contributed by atoms with Crippen LogP contribution in [-0.2, 0) is 0 Å². The van der Waals surface area contributed by atoms with Gasteiger partial charge in [0, 0.05) is 5.69 Å². The van der Waals surface area contributed by atoms with E-state index in [1.165, 1.54) is 0 Å². The van der Waals surface area contributed by atoms with Crippen LogP contribution in [0, 0.1) is 0 Å². The second-order valence-corrected chi connectivity index (χ2v) is 2.03. The molecule has 0 bridgehead atoms. The summed E-state index contributed by atoms with van der Waals surface area (Å²) >= 11 is 0. The van der Waals surface area contributed by atoms with Crippen molar-refractivity contribution >= 4 is 17.8 Å². The van der Waals surface area contributed by atoms with Gasteiger partial charge in [-0.3, -0.25) is 4.74 Å². The number of rotatable bonds is 0. The molecular formula is C7H5N2O+. The highest BCUT2D eigenvalue weighted by atomic mass is 16.5. The standard InChI is InChI=1S/C7H5N2O/c8-5-1-2-7-6(3-5)9-4-10-7/h1-3H,8H2/q+1. The number of nitrogens with two attached hydrogens (primary N) is 1. The molecule has 0 saturated carbocycles. The number of benzene rings is 1. The predicted molar refractivity (Wildman–Crippen MR) is 38.6 cm³/mol. The average molecular weight is 133 g/mol. The Bertz CT molecular complexity index is 294. The van der Waals surface area contributed by atoms with Crippen molar-refractivity contribution in [2.24, 2.45) is 4.99 Å². The van der Waals surface area contributed by atoms with E-state index in [0.717, 1.165) is 5.69 Å². The Labute approximate surface area is 58.1 Å². The largest absolute Gasteiger partial charge is 0.398 e. The highest BCUT2D eigenvalue weighted by Crippen LogP contribution is 2.32. The molecule has 0 aromatic heterocycles. The van der Waals surface area contributed by atoms with Crippen molar-refractivity contribution in [1.82, 2.24) is 0 Å². The molecule has 0 amide bonds. The Balaban J connectivity index is 2.60. The lowest BCUT2D eigenvalue weighted by Crippen LogP contribution is -1.83. The van der Waals surface area contributed by atoms with E-state index in [1.807, 2.05) is 0 Å². The van der Waals surface area contributed by atoms with E-state index >= 15 is 0 Å². The lowest BCUT2D eigenvalue weighted by molar-refractivity contribution is 0.593. The first-order chi connectivity index (χ1) is 4.86. The maximum absolute atomic E-state index is 5.49. The summed E-state index contributed by atoms with van der Waals surface area (Å²) in [6, 6.07) is 5.28. The van der Waals surface area contributed by atoms with E-state index < -0.39 is 0 Å². The fourth-order valence-corrected chi connectivity index (χ4v) is 0.829. The number of fused-ring (bicyclic) bond motifs is 1. The first-order valence-electron chi connectivity index (χ1n) is 2.88. The molecule has 0 radical (unpaired) electrons. The quantitative estimate of drug-likeness (QED) is 0.427. The molecule has 0 aliphatic carbocycles. The number of anilines is 1. The van der Waals surface area contributed by atoms with Crippen molar-refractivity contribution in [2.45, 2.75) is 0 Å². The van der Waals surface area contributed by atoms with Crippen LogP contribution in [0.2, 0.25) is 0 Å². The first-order valence-corrected chi connectivity index (χ1v) is 2.88. The van der Waals surface area contributed by atoms with Gasteiger partial charge in [0.05, 0.1) is 12.1 Å². The summed E-state index contributed by atoms with van der Waals surface area (Å²) in [4.78, 5) is 3.81. The summed E-state index contributed by atoms with van der Waals surface area (Å²) in [5.41, 5.74) is 6.93. The molecule has 10 heavy (non-hydrogen) atoms. The monoisotopic (exact) mass is 133 g/mol. The maximum Gasteiger partial charge on any atom is 0.370 e. The van der Waals surface area contributed by atoms with Crippen LogP contribution in [-0.4, -0.2) is 6.40 Å². The molecule has 0 saturated heterocycles. The van der Waals surface area contributed by atoms with Gasteiger partial charge in [-0.15, -0.1) is 0 Å². The minimum atomic E-state index is 0.690. The molecule has 48 valence electrons. The van der Waals surface area contributed by atoms with Crippen molar-refractivity contribution in [3.63, 3.8) is 0 Å². The Morgan fingerprint density at radius 3 is 3.30 bits per heavy atom. The lowest BCUT2D eigenvalue weighted by atomic mass is 10.3. The van der Waals surface area contributed by atoms with Crippen LogP contribution in [0.5, 0.6) is 5.75 Å². The van der Waals surface area contributed by atoms with Gasteiger partial charge in [-0.05, 0) is 11.1 Å². The molecule has 2 rings (SSSR count). The highest BCUT2D eigenvalue weighted by Gasteiger charge is 2.20. The van der Waals surface area contributed by atoms with Gasteiger partial charge >= 0.3 is 12.2 Å². The normalized spacial score (nSPS) is 12.0. The minimum absolute atomic E-state index is 0.690. The topological polar surface area (TPSA) is 47.6 Å². The molecule has 1 aliphatic rings. The van der Waals surface area contributed by atoms with Crippen LogP contribution in [0.25, 0.3) is 0 Å². The number of hydrogen-bond donors (Lipinski definition) is 1. The van der Waals surface area contributed by atoms with E-state index in [-0.39, 0.29) is 0 Å². The number of hydrogen-bond acceptors (Lipinski definition) is 3.